The molecule has 9 nitrogen and oxygen atoms in total. The summed E-state index contributed by atoms with van der Waals surface area (Å²) in [7, 11) is -4.12. The highest BCUT2D eigenvalue weighted by molar-refractivity contribution is 7.48. The molecule has 3 fully saturated rings. The maximum atomic E-state index is 14.4. The van der Waals surface area contributed by atoms with Crippen molar-refractivity contribution in [1.82, 2.24) is 0 Å². The second-order valence-corrected chi connectivity index (χ2v) is 15.7. The molecule has 266 valence electrons. The molecule has 0 bridgehead atoms. The third-order valence-electron chi connectivity index (χ3n) is 9.81. The van der Waals surface area contributed by atoms with Crippen molar-refractivity contribution in [2.45, 2.75) is 128 Å². The smallest absolute Gasteiger partial charge is 0.374 e. The number of phosphoric acid groups is 1. The van der Waals surface area contributed by atoms with Crippen molar-refractivity contribution in [2.24, 2.45) is 0 Å². The van der Waals surface area contributed by atoms with Crippen LogP contribution in [0.25, 0.3) is 0 Å². The fourth-order valence-electron chi connectivity index (χ4n) is 6.41. The summed E-state index contributed by atoms with van der Waals surface area (Å²) >= 11 is 0. The fourth-order valence-corrected chi connectivity index (χ4v) is 8.61. The Morgan fingerprint density at radius 3 is 1.67 bits per heavy atom. The van der Waals surface area contributed by atoms with Crippen molar-refractivity contribution in [3.05, 3.63) is 108 Å². The minimum absolute atomic E-state index is 0.0495. The zero-order chi connectivity index (χ0) is 34.3. The largest absolute Gasteiger partial charge is 0.476 e. The van der Waals surface area contributed by atoms with Crippen LogP contribution in [0.2, 0.25) is 0 Å². The molecular weight excluding hydrogens is 643 g/mol. The van der Waals surface area contributed by atoms with Crippen molar-refractivity contribution >= 4 is 7.82 Å². The van der Waals surface area contributed by atoms with Crippen molar-refractivity contribution in [3.8, 4) is 0 Å². The SMILES string of the molecule is CC1(C)OP(=O)(OC2C(OC3CCCCC3)OC(COCc3ccccc3)C(OCc3ccccc3)C2OCc2ccccc2)OC1(C)C. The van der Waals surface area contributed by atoms with E-state index in [0.717, 1.165) is 42.4 Å². The number of ether oxygens (including phenoxy) is 5. The first-order chi connectivity index (χ1) is 23.6. The average molecular weight is 695 g/mol. The molecule has 3 aromatic carbocycles. The van der Waals surface area contributed by atoms with Crippen LogP contribution in [0.15, 0.2) is 91.0 Å². The van der Waals surface area contributed by atoms with Crippen LogP contribution in [-0.2, 0) is 61.6 Å². The predicted octanol–water partition coefficient (Wildman–Crippen LogP) is 8.55. The summed E-state index contributed by atoms with van der Waals surface area (Å²) in [5.41, 5.74) is 1.25. The molecule has 5 atom stereocenters. The quantitative estimate of drug-likeness (QED) is 0.154. The lowest BCUT2D eigenvalue weighted by Crippen LogP contribution is -2.62. The summed E-state index contributed by atoms with van der Waals surface area (Å²) in [5, 5.41) is 0. The number of phosphoric ester groups is 1. The molecule has 1 aliphatic carbocycles. The van der Waals surface area contributed by atoms with Crippen LogP contribution in [0.4, 0.5) is 0 Å². The van der Waals surface area contributed by atoms with E-state index in [2.05, 4.69) is 0 Å². The zero-order valence-electron chi connectivity index (χ0n) is 29.1. The maximum absolute atomic E-state index is 14.4. The van der Waals surface area contributed by atoms with Crippen LogP contribution in [0.3, 0.4) is 0 Å². The Morgan fingerprint density at radius 2 is 1.14 bits per heavy atom. The second-order valence-electron chi connectivity index (χ2n) is 14.2. The molecule has 2 aliphatic heterocycles. The van der Waals surface area contributed by atoms with Gasteiger partial charge in [0.25, 0.3) is 0 Å². The topological polar surface area (TPSA) is 90.9 Å². The van der Waals surface area contributed by atoms with Crippen molar-refractivity contribution < 1.29 is 41.8 Å². The van der Waals surface area contributed by atoms with E-state index >= 15 is 0 Å². The van der Waals surface area contributed by atoms with E-state index in [0.29, 0.717) is 13.2 Å². The summed E-state index contributed by atoms with van der Waals surface area (Å²) in [5.74, 6) is 0. The average Bonchev–Trinajstić information content (AvgIpc) is 3.26. The summed E-state index contributed by atoms with van der Waals surface area (Å²) in [6.07, 6.45) is 1.02. The van der Waals surface area contributed by atoms with Crippen LogP contribution in [0.5, 0.6) is 0 Å². The van der Waals surface area contributed by atoms with Crippen LogP contribution >= 0.6 is 7.82 Å². The number of hydrogen-bond acceptors (Lipinski definition) is 9. The number of benzene rings is 3. The van der Waals surface area contributed by atoms with Gasteiger partial charge >= 0.3 is 7.82 Å². The van der Waals surface area contributed by atoms with Gasteiger partial charge in [0.2, 0.25) is 0 Å². The Hall–Kier alpha value is -2.43. The molecule has 0 radical (unpaired) electrons. The zero-order valence-corrected chi connectivity index (χ0v) is 30.0. The van der Waals surface area contributed by atoms with E-state index in [1.54, 1.807) is 0 Å². The van der Waals surface area contributed by atoms with E-state index < -0.39 is 49.7 Å². The molecule has 0 spiro atoms. The lowest BCUT2D eigenvalue weighted by atomic mass is 9.90. The third-order valence-corrected chi connectivity index (χ3v) is 11.7. The van der Waals surface area contributed by atoms with Crippen molar-refractivity contribution in [1.29, 1.82) is 0 Å². The Kier molecular flexibility index (Phi) is 12.1. The highest BCUT2D eigenvalue weighted by Crippen LogP contribution is 2.66. The van der Waals surface area contributed by atoms with Gasteiger partial charge in [-0.1, -0.05) is 110 Å². The first-order valence-electron chi connectivity index (χ1n) is 17.5. The normalized spacial score (nSPS) is 28.0. The Bertz CT molecular complexity index is 1460. The second kappa shape index (κ2) is 16.3. The molecule has 49 heavy (non-hydrogen) atoms. The summed E-state index contributed by atoms with van der Waals surface area (Å²) in [4.78, 5) is 0. The first kappa shape index (κ1) is 36.4. The number of rotatable bonds is 14. The molecule has 5 unspecified atom stereocenters. The van der Waals surface area contributed by atoms with Gasteiger partial charge in [0.15, 0.2) is 6.29 Å². The van der Waals surface area contributed by atoms with Crippen LogP contribution < -0.4 is 0 Å². The molecule has 3 aliphatic rings. The lowest BCUT2D eigenvalue weighted by molar-refractivity contribution is -0.325. The highest BCUT2D eigenvalue weighted by atomic mass is 31.2. The Balaban J connectivity index is 1.34. The van der Waals surface area contributed by atoms with Gasteiger partial charge in [0.1, 0.15) is 35.6 Å². The predicted molar refractivity (Wildman–Crippen MR) is 186 cm³/mol. The third kappa shape index (κ3) is 9.47. The Labute approximate surface area is 291 Å². The minimum atomic E-state index is -4.12. The standard InChI is InChI=1S/C39H51O9P/c1-38(2)39(3,4)48-49(40,47-38)46-36-35(43-27-31-21-13-7-14-22-31)34(42-26-30-19-11-6-12-20-30)33(28-41-25-29-17-9-5-10-18-29)45-37(36)44-32-23-15-8-16-24-32/h5-7,9-14,17-22,32-37H,8,15-16,23-28H2,1-4H3. The van der Waals surface area contributed by atoms with Gasteiger partial charge in [-0.05, 0) is 57.2 Å². The first-order valence-corrected chi connectivity index (χ1v) is 19.0. The van der Waals surface area contributed by atoms with E-state index in [1.807, 2.05) is 119 Å². The molecule has 0 amide bonds. The van der Waals surface area contributed by atoms with E-state index in [-0.39, 0.29) is 19.3 Å². The minimum Gasteiger partial charge on any atom is -0.374 e. The maximum Gasteiger partial charge on any atom is 0.476 e. The van der Waals surface area contributed by atoms with Gasteiger partial charge in [-0.2, -0.15) is 0 Å². The molecule has 0 aromatic heterocycles. The van der Waals surface area contributed by atoms with Crippen molar-refractivity contribution in [2.75, 3.05) is 6.61 Å². The van der Waals surface area contributed by atoms with Crippen molar-refractivity contribution in [3.63, 3.8) is 0 Å². The number of hydrogen-bond donors (Lipinski definition) is 0. The Morgan fingerprint density at radius 1 is 0.653 bits per heavy atom. The van der Waals surface area contributed by atoms with Gasteiger partial charge in [-0.25, -0.2) is 4.57 Å². The van der Waals surface area contributed by atoms with Gasteiger partial charge in [0.05, 0.1) is 32.5 Å². The van der Waals surface area contributed by atoms with Crippen LogP contribution in [-0.4, -0.2) is 54.6 Å². The summed E-state index contributed by atoms with van der Waals surface area (Å²) in [6, 6.07) is 29.9. The molecule has 3 aromatic rings. The lowest BCUT2D eigenvalue weighted by Gasteiger charge is -2.46. The van der Waals surface area contributed by atoms with Gasteiger partial charge in [-0.15, -0.1) is 0 Å². The summed E-state index contributed by atoms with van der Waals surface area (Å²) < 4.78 is 66.3. The molecule has 0 N–H and O–H groups in total. The fraction of sp³-hybridized carbons (Fsp3) is 0.538. The molecule has 10 heteroatoms. The molecule has 2 saturated heterocycles. The van der Waals surface area contributed by atoms with E-state index in [9.17, 15) is 4.57 Å². The highest BCUT2D eigenvalue weighted by Gasteiger charge is 2.60. The van der Waals surface area contributed by atoms with Gasteiger partial charge < -0.3 is 23.7 Å². The van der Waals surface area contributed by atoms with Gasteiger partial charge in [0, 0.05) is 0 Å². The van der Waals surface area contributed by atoms with E-state index in [4.69, 9.17) is 37.3 Å². The van der Waals surface area contributed by atoms with Crippen LogP contribution in [0.1, 0.15) is 76.5 Å². The van der Waals surface area contributed by atoms with Gasteiger partial charge in [-0.3, -0.25) is 13.6 Å². The monoisotopic (exact) mass is 694 g/mol. The molecular formula is C39H51O9P. The molecule has 6 rings (SSSR count). The van der Waals surface area contributed by atoms with Crippen LogP contribution in [0, 0.1) is 0 Å². The van der Waals surface area contributed by atoms with E-state index in [1.165, 1.54) is 6.42 Å². The molecule has 1 saturated carbocycles. The molecule has 2 heterocycles. The summed E-state index contributed by atoms with van der Waals surface area (Å²) in [6.45, 7) is 8.54.